The van der Waals surface area contributed by atoms with E-state index in [0.717, 1.165) is 11.1 Å². The summed E-state index contributed by atoms with van der Waals surface area (Å²) in [5.41, 5.74) is 3.92. The summed E-state index contributed by atoms with van der Waals surface area (Å²) in [6, 6.07) is 27.9. The Bertz CT molecular complexity index is 1620. The van der Waals surface area contributed by atoms with Gasteiger partial charge in [0.25, 0.3) is 5.91 Å². The van der Waals surface area contributed by atoms with Gasteiger partial charge in [0.1, 0.15) is 0 Å². The number of hydrogen-bond donors (Lipinski definition) is 2. The summed E-state index contributed by atoms with van der Waals surface area (Å²) in [4.78, 5) is 46.7. The van der Waals surface area contributed by atoms with Crippen LogP contribution in [0.25, 0.3) is 0 Å². The number of benzodiazepines with no additional fused rings is 1. The van der Waals surface area contributed by atoms with E-state index in [1.165, 1.54) is 4.90 Å². The van der Waals surface area contributed by atoms with E-state index in [1.54, 1.807) is 42.5 Å². The number of nitrogens with zero attached hydrogens (tertiary/aromatic N) is 2. The molecule has 0 saturated heterocycles. The van der Waals surface area contributed by atoms with Crippen LogP contribution in [0.1, 0.15) is 27.0 Å². The molecule has 1 heterocycles. The van der Waals surface area contributed by atoms with Crippen LogP contribution in [0.2, 0.25) is 10.0 Å². The van der Waals surface area contributed by atoms with Crippen molar-refractivity contribution in [3.05, 3.63) is 129 Å². The number of halogens is 2. The number of Topliss-reactive ketones (excluding diaryl/α,β-unsaturated/α-hetero) is 1. The van der Waals surface area contributed by atoms with Crippen LogP contribution >= 0.6 is 23.2 Å². The fourth-order valence-electron chi connectivity index (χ4n) is 4.52. The van der Waals surface area contributed by atoms with E-state index in [-0.39, 0.29) is 28.1 Å². The van der Waals surface area contributed by atoms with Gasteiger partial charge in [0.05, 0.1) is 33.7 Å². The molecule has 1 aliphatic heterocycles. The molecule has 3 amide bonds. The molecule has 1 unspecified atom stereocenters. The second-order valence-electron chi connectivity index (χ2n) is 9.12. The van der Waals surface area contributed by atoms with Crippen LogP contribution in [0.3, 0.4) is 0 Å². The first-order chi connectivity index (χ1) is 19.3. The minimum atomic E-state index is -1.35. The first-order valence-electron chi connectivity index (χ1n) is 12.5. The Morgan fingerprint density at radius 1 is 0.850 bits per heavy atom. The van der Waals surface area contributed by atoms with E-state index in [1.807, 2.05) is 61.5 Å². The molecule has 1 aliphatic rings. The molecule has 0 fully saturated rings. The number of fused-ring (bicyclic) bond motifs is 1. The average molecular weight is 571 g/mol. The fraction of sp³-hybridized carbons (Fsp3) is 0.0968. The van der Waals surface area contributed by atoms with Gasteiger partial charge in [-0.15, -0.1) is 0 Å². The van der Waals surface area contributed by atoms with Crippen molar-refractivity contribution in [1.82, 2.24) is 5.32 Å². The molecular weight excluding hydrogens is 547 g/mol. The maximum atomic E-state index is 14.0. The highest BCUT2D eigenvalue weighted by Gasteiger charge is 2.34. The summed E-state index contributed by atoms with van der Waals surface area (Å²) in [7, 11) is 0. The number of ketones is 1. The predicted molar refractivity (Wildman–Crippen MR) is 159 cm³/mol. The third-order valence-electron chi connectivity index (χ3n) is 6.47. The lowest BCUT2D eigenvalue weighted by Crippen LogP contribution is -2.50. The molecular formula is C31H24Cl2N4O3. The number of aliphatic imine (C=N–C) groups is 1. The van der Waals surface area contributed by atoms with E-state index in [0.29, 0.717) is 22.5 Å². The Morgan fingerprint density at radius 3 is 2.23 bits per heavy atom. The van der Waals surface area contributed by atoms with E-state index in [2.05, 4.69) is 10.6 Å². The van der Waals surface area contributed by atoms with Crippen molar-refractivity contribution in [2.24, 2.45) is 4.99 Å². The van der Waals surface area contributed by atoms with Gasteiger partial charge >= 0.3 is 6.03 Å². The van der Waals surface area contributed by atoms with Gasteiger partial charge in [-0.1, -0.05) is 102 Å². The van der Waals surface area contributed by atoms with Crippen molar-refractivity contribution in [2.45, 2.75) is 13.1 Å². The minimum absolute atomic E-state index is 0.200. The molecule has 9 heteroatoms. The molecule has 4 aromatic carbocycles. The van der Waals surface area contributed by atoms with Crippen molar-refractivity contribution >= 4 is 58.0 Å². The summed E-state index contributed by atoms with van der Waals surface area (Å²) in [5, 5.41) is 5.73. The maximum Gasteiger partial charge on any atom is 0.321 e. The second kappa shape index (κ2) is 11.7. The number of carbonyl (C=O) groups is 3. The number of carbonyl (C=O) groups excluding carboxylic acids is 3. The van der Waals surface area contributed by atoms with Gasteiger partial charge in [-0.05, 0) is 30.7 Å². The number of anilines is 2. The highest BCUT2D eigenvalue weighted by molar-refractivity contribution is 6.39. The quantitative estimate of drug-likeness (QED) is 0.258. The van der Waals surface area contributed by atoms with Gasteiger partial charge < -0.3 is 15.5 Å². The number of para-hydroxylation sites is 2. The van der Waals surface area contributed by atoms with Gasteiger partial charge in [-0.25, -0.2) is 9.79 Å². The minimum Gasteiger partial charge on any atom is -0.308 e. The molecule has 0 aliphatic carbocycles. The van der Waals surface area contributed by atoms with Gasteiger partial charge in [0.15, 0.2) is 5.78 Å². The normalized spacial score (nSPS) is 14.6. The standard InChI is InChI=1S/C31H24Cl2N4O3/c1-19-10-5-6-13-21(19)26(38)18-37-25-17-8-7-14-22(25)27(20-11-3-2-4-12-20)34-29(30(37)39)36-31(40)35-28-23(32)15-9-16-24(28)33/h2-17,29H,18H2,1H3,(H2,35,36,40). The Labute approximate surface area is 241 Å². The van der Waals surface area contributed by atoms with Crippen LogP contribution in [-0.2, 0) is 4.79 Å². The Balaban J connectivity index is 1.55. The number of hydrogen-bond acceptors (Lipinski definition) is 4. The molecule has 1 atom stereocenters. The predicted octanol–water partition coefficient (Wildman–Crippen LogP) is 6.52. The highest BCUT2D eigenvalue weighted by Crippen LogP contribution is 2.31. The largest absolute Gasteiger partial charge is 0.321 e. The van der Waals surface area contributed by atoms with Crippen molar-refractivity contribution in [3.8, 4) is 0 Å². The molecule has 2 N–H and O–H groups in total. The number of nitrogens with one attached hydrogen (secondary N) is 2. The monoisotopic (exact) mass is 570 g/mol. The summed E-state index contributed by atoms with van der Waals surface area (Å²) in [5.74, 6) is -0.809. The zero-order valence-corrected chi connectivity index (χ0v) is 22.9. The van der Waals surface area contributed by atoms with Crippen LogP contribution < -0.4 is 15.5 Å². The second-order valence-corrected chi connectivity index (χ2v) is 9.94. The third-order valence-corrected chi connectivity index (χ3v) is 7.10. The average Bonchev–Trinajstić information content (AvgIpc) is 3.06. The lowest BCUT2D eigenvalue weighted by atomic mass is 9.99. The summed E-state index contributed by atoms with van der Waals surface area (Å²) in [6.45, 7) is 1.60. The highest BCUT2D eigenvalue weighted by atomic mass is 35.5. The summed E-state index contributed by atoms with van der Waals surface area (Å²) >= 11 is 12.4. The third kappa shape index (κ3) is 5.61. The summed E-state index contributed by atoms with van der Waals surface area (Å²) in [6.07, 6.45) is -1.35. The van der Waals surface area contributed by atoms with Crippen molar-refractivity contribution in [3.63, 3.8) is 0 Å². The number of benzene rings is 4. The molecule has 0 aromatic heterocycles. The molecule has 0 bridgehead atoms. The molecule has 0 radical (unpaired) electrons. The molecule has 7 nitrogen and oxygen atoms in total. The molecule has 40 heavy (non-hydrogen) atoms. The van der Waals surface area contributed by atoms with Gasteiger partial charge in [0.2, 0.25) is 6.17 Å². The zero-order chi connectivity index (χ0) is 28.2. The number of rotatable bonds is 6. The number of amides is 3. The smallest absolute Gasteiger partial charge is 0.308 e. The van der Waals surface area contributed by atoms with Crippen LogP contribution in [0.5, 0.6) is 0 Å². The van der Waals surface area contributed by atoms with Crippen LogP contribution in [0, 0.1) is 6.92 Å². The van der Waals surface area contributed by atoms with Crippen molar-refractivity contribution < 1.29 is 14.4 Å². The van der Waals surface area contributed by atoms with Crippen LogP contribution in [0.4, 0.5) is 16.2 Å². The Hall–Kier alpha value is -4.46. The molecule has 4 aromatic rings. The van der Waals surface area contributed by atoms with E-state index < -0.39 is 18.1 Å². The van der Waals surface area contributed by atoms with Crippen LogP contribution in [0.15, 0.2) is 102 Å². The fourth-order valence-corrected chi connectivity index (χ4v) is 5.01. The zero-order valence-electron chi connectivity index (χ0n) is 21.4. The van der Waals surface area contributed by atoms with Gasteiger partial charge in [-0.2, -0.15) is 0 Å². The van der Waals surface area contributed by atoms with Gasteiger partial charge in [0, 0.05) is 16.7 Å². The lowest BCUT2D eigenvalue weighted by molar-refractivity contribution is -0.120. The van der Waals surface area contributed by atoms with Crippen LogP contribution in [-0.4, -0.2) is 36.1 Å². The van der Waals surface area contributed by atoms with Crippen molar-refractivity contribution in [2.75, 3.05) is 16.8 Å². The molecule has 200 valence electrons. The number of aryl methyl sites for hydroxylation is 1. The van der Waals surface area contributed by atoms with E-state index >= 15 is 0 Å². The Kier molecular flexibility index (Phi) is 7.96. The summed E-state index contributed by atoms with van der Waals surface area (Å²) < 4.78 is 0. The topological polar surface area (TPSA) is 90.9 Å². The number of urea groups is 1. The van der Waals surface area contributed by atoms with Gasteiger partial charge in [-0.3, -0.25) is 9.59 Å². The maximum absolute atomic E-state index is 14.0. The van der Waals surface area contributed by atoms with E-state index in [4.69, 9.17) is 28.2 Å². The lowest BCUT2D eigenvalue weighted by Gasteiger charge is -2.25. The first kappa shape index (κ1) is 27.1. The van der Waals surface area contributed by atoms with E-state index in [9.17, 15) is 14.4 Å². The SMILES string of the molecule is Cc1ccccc1C(=O)CN1C(=O)C(NC(=O)Nc2c(Cl)cccc2Cl)N=C(c2ccccc2)c2ccccc21. The van der Waals surface area contributed by atoms with Crippen molar-refractivity contribution in [1.29, 1.82) is 0 Å². The Morgan fingerprint density at radius 2 is 1.50 bits per heavy atom. The first-order valence-corrected chi connectivity index (χ1v) is 13.2. The molecule has 0 saturated carbocycles. The molecule has 0 spiro atoms. The molecule has 5 rings (SSSR count).